The van der Waals surface area contributed by atoms with Gasteiger partial charge in [0.25, 0.3) is 0 Å². The molecule has 1 heterocycles. The second kappa shape index (κ2) is 62.9. The summed E-state index contributed by atoms with van der Waals surface area (Å²) in [4.78, 5) is 13.1. The van der Waals surface area contributed by atoms with Gasteiger partial charge >= 0.3 is 0 Å². The van der Waals surface area contributed by atoms with E-state index in [1.165, 1.54) is 276 Å². The fourth-order valence-electron chi connectivity index (χ4n) is 11.4. The molecule has 1 aliphatic heterocycles. The first-order valence-corrected chi connectivity index (χ1v) is 36.0. The second-order valence-corrected chi connectivity index (χ2v) is 25.0. The topological polar surface area (TPSA) is 149 Å². The number of nitrogens with one attached hydrogen (secondary N) is 1. The lowest BCUT2D eigenvalue weighted by Gasteiger charge is -2.40. The monoisotopic (exact) mass is 1170 g/mol. The number of rotatable bonds is 63. The minimum absolute atomic E-state index is 0.187. The zero-order valence-electron chi connectivity index (χ0n) is 54.5. The molecular formula is C74H137NO8. The molecule has 7 unspecified atom stereocenters. The van der Waals surface area contributed by atoms with E-state index in [4.69, 9.17) is 9.47 Å². The maximum absolute atomic E-state index is 13.1. The van der Waals surface area contributed by atoms with Crippen LogP contribution in [0, 0.1) is 0 Å². The lowest BCUT2D eigenvalue weighted by Crippen LogP contribution is -2.60. The van der Waals surface area contributed by atoms with Crippen molar-refractivity contribution in [2.75, 3.05) is 13.2 Å². The molecule has 1 rings (SSSR count). The Morgan fingerprint density at radius 3 is 1.08 bits per heavy atom. The Kier molecular flexibility index (Phi) is 59.8. The number of aliphatic hydroxyl groups is 5. The molecule has 83 heavy (non-hydrogen) atoms. The van der Waals surface area contributed by atoms with Crippen molar-refractivity contribution >= 4 is 5.91 Å². The number of aliphatic hydroxyl groups excluding tert-OH is 5. The summed E-state index contributed by atoms with van der Waals surface area (Å²) in [5, 5.41) is 54.7. The van der Waals surface area contributed by atoms with Crippen molar-refractivity contribution in [1.82, 2.24) is 5.32 Å². The van der Waals surface area contributed by atoms with Gasteiger partial charge in [0, 0.05) is 6.42 Å². The first kappa shape index (κ1) is 78.9. The summed E-state index contributed by atoms with van der Waals surface area (Å²) in [7, 11) is 0. The van der Waals surface area contributed by atoms with Crippen LogP contribution in [0.15, 0.2) is 60.8 Å². The Balaban J connectivity index is 2.13. The zero-order chi connectivity index (χ0) is 60.0. The van der Waals surface area contributed by atoms with Gasteiger partial charge < -0.3 is 40.3 Å². The van der Waals surface area contributed by atoms with E-state index in [0.29, 0.717) is 6.42 Å². The van der Waals surface area contributed by atoms with E-state index >= 15 is 0 Å². The van der Waals surface area contributed by atoms with Crippen LogP contribution in [-0.4, -0.2) is 87.5 Å². The van der Waals surface area contributed by atoms with Crippen LogP contribution in [0.25, 0.3) is 0 Å². The molecular weight excluding hydrogens is 1030 g/mol. The second-order valence-electron chi connectivity index (χ2n) is 25.0. The van der Waals surface area contributed by atoms with Crippen LogP contribution in [0.1, 0.15) is 348 Å². The Morgan fingerprint density at radius 1 is 0.410 bits per heavy atom. The third-order valence-corrected chi connectivity index (χ3v) is 17.0. The van der Waals surface area contributed by atoms with Crippen molar-refractivity contribution in [2.45, 2.75) is 391 Å². The number of hydrogen-bond donors (Lipinski definition) is 6. The summed E-state index contributed by atoms with van der Waals surface area (Å²) in [6, 6.07) is -0.831. The predicted molar refractivity (Wildman–Crippen MR) is 355 cm³/mol. The van der Waals surface area contributed by atoms with E-state index in [0.717, 1.165) is 51.4 Å². The van der Waals surface area contributed by atoms with Gasteiger partial charge in [-0.3, -0.25) is 4.79 Å². The summed E-state index contributed by atoms with van der Waals surface area (Å²) < 4.78 is 11.3. The van der Waals surface area contributed by atoms with Crippen LogP contribution in [-0.2, 0) is 14.3 Å². The van der Waals surface area contributed by atoms with E-state index in [1.807, 2.05) is 6.08 Å². The van der Waals surface area contributed by atoms with Crippen LogP contribution in [0.5, 0.6) is 0 Å². The molecule has 1 fully saturated rings. The van der Waals surface area contributed by atoms with Gasteiger partial charge in [0.05, 0.1) is 25.4 Å². The predicted octanol–water partition coefficient (Wildman–Crippen LogP) is 19.8. The van der Waals surface area contributed by atoms with Crippen molar-refractivity contribution < 1.29 is 39.8 Å². The Bertz CT molecular complexity index is 1500. The third-order valence-electron chi connectivity index (χ3n) is 17.0. The maximum Gasteiger partial charge on any atom is 0.220 e. The average molecular weight is 1170 g/mol. The van der Waals surface area contributed by atoms with E-state index in [2.05, 4.69) is 67.8 Å². The van der Waals surface area contributed by atoms with Crippen LogP contribution in [0.2, 0.25) is 0 Å². The quantitative estimate of drug-likeness (QED) is 0.0261. The van der Waals surface area contributed by atoms with Crippen LogP contribution < -0.4 is 5.32 Å². The largest absolute Gasteiger partial charge is 0.394 e. The van der Waals surface area contributed by atoms with Gasteiger partial charge in [-0.25, -0.2) is 0 Å². The highest BCUT2D eigenvalue weighted by atomic mass is 16.7. The number of unbranched alkanes of at least 4 members (excludes halogenated alkanes) is 45. The molecule has 1 saturated heterocycles. The van der Waals surface area contributed by atoms with Gasteiger partial charge in [0.1, 0.15) is 24.4 Å². The van der Waals surface area contributed by atoms with Crippen molar-refractivity contribution in [2.24, 2.45) is 0 Å². The molecule has 0 aromatic rings. The molecule has 1 amide bonds. The standard InChI is InChI=1S/C74H137NO8/c1-3-5-7-9-11-13-15-17-19-21-23-25-27-29-30-31-32-33-34-35-36-37-38-40-42-44-46-48-50-52-54-56-58-60-62-64-70(78)75-67(66-82-74-73(81)72(80)71(79)69(65-76)83-74)68(77)63-61-59-57-55-53-51-49-47-45-43-41-39-28-26-24-22-20-18-16-14-12-10-8-6-4-2/h27,29,31-32,45,47,53,55,61,63,67-69,71-74,76-77,79-81H,3-26,28,30,33-44,46,48-52,54,56-60,62,64-66H2,1-2H3,(H,75,78)/b29-27-,32-31-,47-45+,55-53+,63-61+. The molecule has 7 atom stereocenters. The fraction of sp³-hybridized carbons (Fsp3) is 0.851. The smallest absolute Gasteiger partial charge is 0.220 e. The summed E-state index contributed by atoms with van der Waals surface area (Å²) in [6.45, 7) is 3.80. The first-order chi connectivity index (χ1) is 40.8. The number of hydrogen-bond acceptors (Lipinski definition) is 8. The van der Waals surface area contributed by atoms with Crippen molar-refractivity contribution in [1.29, 1.82) is 0 Å². The molecule has 0 aliphatic carbocycles. The molecule has 0 spiro atoms. The van der Waals surface area contributed by atoms with Crippen molar-refractivity contribution in [3.8, 4) is 0 Å². The Morgan fingerprint density at radius 2 is 0.723 bits per heavy atom. The minimum atomic E-state index is -1.58. The number of allylic oxidation sites excluding steroid dienone is 9. The minimum Gasteiger partial charge on any atom is -0.394 e. The summed E-state index contributed by atoms with van der Waals surface area (Å²) in [5.41, 5.74) is 0. The number of ether oxygens (including phenoxy) is 2. The number of carbonyl (C=O) groups is 1. The van der Waals surface area contributed by atoms with Crippen LogP contribution in [0.4, 0.5) is 0 Å². The highest BCUT2D eigenvalue weighted by Crippen LogP contribution is 2.23. The number of carbonyl (C=O) groups excluding carboxylic acids is 1. The van der Waals surface area contributed by atoms with Gasteiger partial charge in [-0.2, -0.15) is 0 Å². The van der Waals surface area contributed by atoms with Crippen LogP contribution >= 0.6 is 0 Å². The molecule has 486 valence electrons. The fourth-order valence-corrected chi connectivity index (χ4v) is 11.4. The molecule has 0 aromatic carbocycles. The van der Waals surface area contributed by atoms with Gasteiger partial charge in [-0.05, 0) is 77.0 Å². The molecule has 0 saturated carbocycles. The lowest BCUT2D eigenvalue weighted by atomic mass is 9.99. The van der Waals surface area contributed by atoms with Gasteiger partial charge in [0.15, 0.2) is 6.29 Å². The van der Waals surface area contributed by atoms with Gasteiger partial charge in [0.2, 0.25) is 5.91 Å². The third kappa shape index (κ3) is 51.6. The van der Waals surface area contributed by atoms with E-state index < -0.39 is 49.5 Å². The molecule has 9 heteroatoms. The van der Waals surface area contributed by atoms with Gasteiger partial charge in [-0.1, -0.05) is 325 Å². The summed E-state index contributed by atoms with van der Waals surface area (Å²) in [6.07, 6.45) is 80.6. The average Bonchev–Trinajstić information content (AvgIpc) is 3.60. The molecule has 1 aliphatic rings. The van der Waals surface area contributed by atoms with E-state index in [1.54, 1.807) is 6.08 Å². The molecule has 0 bridgehead atoms. The van der Waals surface area contributed by atoms with Crippen molar-refractivity contribution in [3.63, 3.8) is 0 Å². The zero-order valence-corrected chi connectivity index (χ0v) is 54.5. The molecule has 6 N–H and O–H groups in total. The normalized spacial score (nSPS) is 18.6. The SMILES string of the molecule is CCCCCCCCCCCCC/C=C\C/C=C\CCCCCCCCCCCCCCCCCCCC(=O)NC(COC1OC(CO)C(O)C(O)C1O)C(O)/C=C/CC/C=C/CC/C=C/CCCCCCCCCCCCCCCCC. The highest BCUT2D eigenvalue weighted by Gasteiger charge is 2.44. The first-order valence-electron chi connectivity index (χ1n) is 36.0. The molecule has 0 aromatic heterocycles. The molecule has 0 radical (unpaired) electrons. The van der Waals surface area contributed by atoms with Crippen LogP contribution in [0.3, 0.4) is 0 Å². The Hall–Kier alpha value is -2.11. The lowest BCUT2D eigenvalue weighted by molar-refractivity contribution is -0.302. The summed E-state index contributed by atoms with van der Waals surface area (Å²) >= 11 is 0. The highest BCUT2D eigenvalue weighted by molar-refractivity contribution is 5.76. The molecule has 9 nitrogen and oxygen atoms in total. The van der Waals surface area contributed by atoms with E-state index in [9.17, 15) is 30.3 Å². The Labute approximate surface area is 513 Å². The van der Waals surface area contributed by atoms with Gasteiger partial charge in [-0.15, -0.1) is 0 Å². The van der Waals surface area contributed by atoms with Crippen molar-refractivity contribution in [3.05, 3.63) is 60.8 Å². The summed E-state index contributed by atoms with van der Waals surface area (Å²) in [5.74, 6) is -0.187. The van der Waals surface area contributed by atoms with E-state index in [-0.39, 0.29) is 12.5 Å². The maximum atomic E-state index is 13.1. The number of amides is 1.